The zero-order chi connectivity index (χ0) is 13.6. The van der Waals surface area contributed by atoms with Crippen molar-refractivity contribution >= 4 is 51.4 Å². The van der Waals surface area contributed by atoms with Crippen LogP contribution in [0.4, 0.5) is 0 Å². The maximum atomic E-state index is 9.22. The molecule has 102 valence electrons. The van der Waals surface area contributed by atoms with Crippen LogP contribution in [-0.4, -0.2) is 31.1 Å². The van der Waals surface area contributed by atoms with E-state index in [1.165, 1.54) is 0 Å². The Bertz CT molecular complexity index is 619. The Morgan fingerprint density at radius 2 is 2.26 bits per heavy atom. The summed E-state index contributed by atoms with van der Waals surface area (Å²) in [4.78, 5) is 4.31. The van der Waals surface area contributed by atoms with Crippen molar-refractivity contribution < 1.29 is 9.84 Å². The van der Waals surface area contributed by atoms with Crippen LogP contribution in [0.2, 0.25) is 10.2 Å². The molecule has 1 saturated heterocycles. The first-order valence-corrected chi connectivity index (χ1v) is 7.83. The van der Waals surface area contributed by atoms with Gasteiger partial charge < -0.3 is 9.84 Å². The van der Waals surface area contributed by atoms with Gasteiger partial charge in [0.05, 0.1) is 23.4 Å². The zero-order valence-corrected chi connectivity index (χ0v) is 13.4. The average molecular weight is 413 g/mol. The second kappa shape index (κ2) is 5.37. The maximum Gasteiger partial charge on any atom is 0.154 e. The van der Waals surface area contributed by atoms with Gasteiger partial charge in [0, 0.05) is 10.1 Å². The molecule has 0 aliphatic carbocycles. The number of alkyl halides is 1. The second-order valence-corrected chi connectivity index (χ2v) is 6.87. The van der Waals surface area contributed by atoms with Crippen molar-refractivity contribution in [2.24, 2.45) is 0 Å². The molecule has 0 spiro atoms. The van der Waals surface area contributed by atoms with E-state index in [1.807, 2.05) is 10.5 Å². The highest BCUT2D eigenvalue weighted by atomic mass is 127. The van der Waals surface area contributed by atoms with Gasteiger partial charge in [0.15, 0.2) is 5.15 Å². The van der Waals surface area contributed by atoms with Crippen molar-refractivity contribution in [3.05, 3.63) is 34.2 Å². The fourth-order valence-corrected chi connectivity index (χ4v) is 3.86. The molecule has 1 aliphatic rings. The first kappa shape index (κ1) is 13.9. The topological polar surface area (TPSA) is 46.8 Å². The molecule has 0 unspecified atom stereocenters. The number of imidazole rings is 1. The number of pyridine rings is 1. The zero-order valence-electron chi connectivity index (χ0n) is 9.76. The monoisotopic (exact) mass is 412 g/mol. The molecule has 3 atom stereocenters. The summed E-state index contributed by atoms with van der Waals surface area (Å²) in [7, 11) is 0. The van der Waals surface area contributed by atoms with Crippen LogP contribution in [0.15, 0.2) is 18.3 Å². The van der Waals surface area contributed by atoms with Gasteiger partial charge in [-0.05, 0) is 18.6 Å². The first-order valence-electron chi connectivity index (χ1n) is 5.83. The highest BCUT2D eigenvalue weighted by Gasteiger charge is 2.37. The average Bonchev–Trinajstić information content (AvgIpc) is 2.88. The van der Waals surface area contributed by atoms with Gasteiger partial charge in [-0.15, -0.1) is 0 Å². The van der Waals surface area contributed by atoms with Crippen molar-refractivity contribution in [1.29, 1.82) is 0 Å². The van der Waals surface area contributed by atoms with E-state index < -0.39 is 0 Å². The molecule has 0 bridgehead atoms. The Kier molecular flexibility index (Phi) is 3.92. The number of aliphatic hydroxyl groups excluding tert-OH is 1. The van der Waals surface area contributed by atoms with Crippen LogP contribution in [-0.2, 0) is 4.74 Å². The lowest BCUT2D eigenvalue weighted by molar-refractivity contribution is 0.0102. The van der Waals surface area contributed by atoms with E-state index in [1.54, 1.807) is 12.3 Å². The molecule has 4 nitrogen and oxygen atoms in total. The van der Waals surface area contributed by atoms with Crippen LogP contribution in [0.3, 0.4) is 0 Å². The van der Waals surface area contributed by atoms with Gasteiger partial charge in [-0.3, -0.25) is 4.40 Å². The summed E-state index contributed by atoms with van der Waals surface area (Å²) in [6.07, 6.45) is 2.25. The molecule has 7 heteroatoms. The summed E-state index contributed by atoms with van der Waals surface area (Å²) in [5.41, 5.74) is 1.54. The Hall–Kier alpha value is -0.0800. The van der Waals surface area contributed by atoms with E-state index in [4.69, 9.17) is 27.9 Å². The summed E-state index contributed by atoms with van der Waals surface area (Å²) in [6, 6.07) is 3.59. The van der Waals surface area contributed by atoms with Crippen molar-refractivity contribution in [1.82, 2.24) is 9.38 Å². The minimum Gasteiger partial charge on any atom is -0.394 e. The quantitative estimate of drug-likeness (QED) is 0.608. The standard InChI is InChI=1S/C12H11Cl2IN2O2/c13-6-1-2-9-16-12(14)10(17(9)4-6)11-8(15)3-7(5-18)19-11/h1-2,4,7-8,11,18H,3,5H2/t7-,8-,11-/m0/s1. The van der Waals surface area contributed by atoms with Gasteiger partial charge in [0.1, 0.15) is 11.8 Å². The van der Waals surface area contributed by atoms with E-state index in [2.05, 4.69) is 27.6 Å². The minimum absolute atomic E-state index is 0.0190. The number of aliphatic hydroxyl groups is 1. The van der Waals surface area contributed by atoms with Crippen molar-refractivity contribution in [2.75, 3.05) is 6.61 Å². The fourth-order valence-electron chi connectivity index (χ4n) is 2.34. The second-order valence-electron chi connectivity index (χ2n) is 4.48. The number of hydrogen-bond acceptors (Lipinski definition) is 3. The Balaban J connectivity index is 2.09. The van der Waals surface area contributed by atoms with Crippen LogP contribution in [0.25, 0.3) is 5.65 Å². The third kappa shape index (κ3) is 2.47. The number of halogens is 3. The normalized spacial score (nSPS) is 27.3. The Morgan fingerprint density at radius 1 is 1.47 bits per heavy atom. The molecule has 2 aromatic rings. The molecule has 3 heterocycles. The van der Waals surface area contributed by atoms with Gasteiger partial charge in [0.25, 0.3) is 0 Å². The van der Waals surface area contributed by atoms with Crippen LogP contribution >= 0.6 is 45.8 Å². The number of hydrogen-bond donors (Lipinski definition) is 1. The van der Waals surface area contributed by atoms with Crippen LogP contribution < -0.4 is 0 Å². The number of ether oxygens (including phenoxy) is 1. The molecule has 19 heavy (non-hydrogen) atoms. The van der Waals surface area contributed by atoms with Crippen molar-refractivity contribution in [3.8, 4) is 0 Å². The summed E-state index contributed by atoms with van der Waals surface area (Å²) in [5, 5.41) is 10.3. The van der Waals surface area contributed by atoms with E-state index in [0.29, 0.717) is 10.2 Å². The lowest BCUT2D eigenvalue weighted by Crippen LogP contribution is -2.12. The van der Waals surface area contributed by atoms with E-state index in [9.17, 15) is 5.11 Å². The number of fused-ring (bicyclic) bond motifs is 1. The fraction of sp³-hybridized carbons (Fsp3) is 0.417. The predicted molar refractivity (Wildman–Crippen MR) is 82.3 cm³/mol. The lowest BCUT2D eigenvalue weighted by Gasteiger charge is -2.14. The van der Waals surface area contributed by atoms with Gasteiger partial charge in [-0.1, -0.05) is 45.8 Å². The molecule has 1 N–H and O–H groups in total. The molecule has 0 saturated carbocycles. The SMILES string of the molecule is OC[C@@H]1C[C@H](I)[C@@H](c2c(Cl)nc3ccc(Cl)cn23)O1. The molecule has 3 rings (SSSR count). The summed E-state index contributed by atoms with van der Waals surface area (Å²) >= 11 is 14.6. The van der Waals surface area contributed by atoms with Crippen molar-refractivity contribution in [3.63, 3.8) is 0 Å². The van der Waals surface area contributed by atoms with E-state index in [-0.39, 0.29) is 22.7 Å². The summed E-state index contributed by atoms with van der Waals surface area (Å²) in [6.45, 7) is 0.0190. The molecular weight excluding hydrogens is 402 g/mol. The third-order valence-electron chi connectivity index (χ3n) is 3.20. The lowest BCUT2D eigenvalue weighted by atomic mass is 10.1. The number of rotatable bonds is 2. The molecule has 0 aromatic carbocycles. The van der Waals surface area contributed by atoms with Gasteiger partial charge in [-0.2, -0.15) is 0 Å². The van der Waals surface area contributed by atoms with Gasteiger partial charge >= 0.3 is 0 Å². The molecule has 1 fully saturated rings. The summed E-state index contributed by atoms with van der Waals surface area (Å²) in [5.74, 6) is 0. The Labute approximate surface area is 133 Å². The highest BCUT2D eigenvalue weighted by molar-refractivity contribution is 14.1. The van der Waals surface area contributed by atoms with E-state index >= 15 is 0 Å². The van der Waals surface area contributed by atoms with Gasteiger partial charge in [0.2, 0.25) is 0 Å². The summed E-state index contributed by atoms with van der Waals surface area (Å²) < 4.78 is 7.95. The first-order chi connectivity index (χ1) is 9.10. The largest absolute Gasteiger partial charge is 0.394 e. The van der Waals surface area contributed by atoms with Crippen LogP contribution in [0.1, 0.15) is 18.2 Å². The molecule has 2 aromatic heterocycles. The van der Waals surface area contributed by atoms with E-state index in [0.717, 1.165) is 17.8 Å². The minimum atomic E-state index is -0.182. The molecule has 0 radical (unpaired) electrons. The van der Waals surface area contributed by atoms with Gasteiger partial charge in [-0.25, -0.2) is 4.98 Å². The Morgan fingerprint density at radius 3 is 2.95 bits per heavy atom. The highest BCUT2D eigenvalue weighted by Crippen LogP contribution is 2.41. The molecular formula is C12H11Cl2IN2O2. The smallest absolute Gasteiger partial charge is 0.154 e. The number of nitrogens with zero attached hydrogens (tertiary/aromatic N) is 2. The maximum absolute atomic E-state index is 9.22. The molecule has 0 amide bonds. The van der Waals surface area contributed by atoms with Crippen molar-refractivity contribution in [2.45, 2.75) is 22.6 Å². The third-order valence-corrected chi connectivity index (χ3v) is 4.87. The number of aromatic nitrogens is 2. The predicted octanol–water partition coefficient (Wildman–Crippen LogP) is 3.27. The van der Waals surface area contributed by atoms with Crippen LogP contribution in [0.5, 0.6) is 0 Å². The molecule has 1 aliphatic heterocycles. The van der Waals surface area contributed by atoms with Crippen LogP contribution in [0, 0.1) is 0 Å².